The Morgan fingerprint density at radius 2 is 2.12 bits per heavy atom. The zero-order valence-corrected chi connectivity index (χ0v) is 11.1. The average molecular weight is 242 g/mol. The van der Waals surface area contributed by atoms with Crippen LogP contribution in [0, 0.1) is 0 Å². The summed E-state index contributed by atoms with van der Waals surface area (Å²) in [6, 6.07) is -0.404. The lowest BCUT2D eigenvalue weighted by Crippen LogP contribution is -2.51. The fourth-order valence-corrected chi connectivity index (χ4v) is 2.13. The lowest BCUT2D eigenvalue weighted by atomic mass is 10.0. The lowest BCUT2D eigenvalue weighted by Gasteiger charge is -2.28. The molecule has 1 fully saturated rings. The van der Waals surface area contributed by atoms with Crippen LogP contribution in [0.1, 0.15) is 33.6 Å². The van der Waals surface area contributed by atoms with E-state index in [2.05, 4.69) is 5.32 Å². The molecule has 0 saturated carbocycles. The van der Waals surface area contributed by atoms with E-state index in [1.54, 1.807) is 7.11 Å². The highest BCUT2D eigenvalue weighted by atomic mass is 16.5. The fourth-order valence-electron chi connectivity index (χ4n) is 2.13. The van der Waals surface area contributed by atoms with Crippen molar-refractivity contribution in [2.45, 2.75) is 45.2 Å². The van der Waals surface area contributed by atoms with Crippen LogP contribution in [0.3, 0.4) is 0 Å². The molecule has 0 aromatic heterocycles. The maximum Gasteiger partial charge on any atom is 0.246 e. The van der Waals surface area contributed by atoms with Crippen molar-refractivity contribution in [3.05, 3.63) is 0 Å². The molecule has 1 heterocycles. The fraction of sp³-hybridized carbons (Fsp3) is 0.833. The molecule has 0 spiro atoms. The summed E-state index contributed by atoms with van der Waals surface area (Å²) >= 11 is 0. The highest BCUT2D eigenvalue weighted by Gasteiger charge is 2.40. The molecule has 0 radical (unpaired) electrons. The van der Waals surface area contributed by atoms with Crippen molar-refractivity contribution in [3.63, 3.8) is 0 Å². The Bertz CT molecular complexity index is 302. The molecule has 1 unspecified atom stereocenters. The van der Waals surface area contributed by atoms with Gasteiger partial charge in [-0.15, -0.1) is 0 Å². The summed E-state index contributed by atoms with van der Waals surface area (Å²) in [6.07, 6.45) is 1.05. The minimum Gasteiger partial charge on any atom is -0.383 e. The number of methoxy groups -OCH3 is 1. The van der Waals surface area contributed by atoms with E-state index in [4.69, 9.17) is 4.74 Å². The number of hydrogen-bond acceptors (Lipinski definition) is 4. The second-order valence-corrected chi connectivity index (χ2v) is 5.10. The Morgan fingerprint density at radius 3 is 2.65 bits per heavy atom. The zero-order chi connectivity index (χ0) is 13.1. The van der Waals surface area contributed by atoms with Crippen molar-refractivity contribution >= 4 is 11.8 Å². The van der Waals surface area contributed by atoms with E-state index < -0.39 is 6.04 Å². The number of nitrogens with one attached hydrogen (secondary N) is 1. The number of hydrogen-bond donors (Lipinski definition) is 1. The summed E-state index contributed by atoms with van der Waals surface area (Å²) < 4.78 is 5.08. The lowest BCUT2D eigenvalue weighted by molar-refractivity contribution is -0.139. The van der Waals surface area contributed by atoms with Gasteiger partial charge in [0.05, 0.1) is 19.1 Å². The van der Waals surface area contributed by atoms with Crippen LogP contribution in [-0.4, -0.2) is 48.6 Å². The first-order valence-electron chi connectivity index (χ1n) is 6.02. The minimum atomic E-state index is -0.404. The number of nitrogens with zero attached hydrogens (tertiary/aromatic N) is 1. The van der Waals surface area contributed by atoms with Crippen molar-refractivity contribution in [1.82, 2.24) is 10.2 Å². The normalized spacial score (nSPS) is 21.4. The van der Waals surface area contributed by atoms with E-state index in [1.165, 1.54) is 4.90 Å². The predicted octanol–water partition coefficient (Wildman–Crippen LogP) is 0.538. The van der Waals surface area contributed by atoms with Gasteiger partial charge in [-0.2, -0.15) is 0 Å². The first-order chi connectivity index (χ1) is 7.91. The molecule has 1 atom stereocenters. The number of carbonyl (C=O) groups is 2. The Balaban J connectivity index is 2.63. The van der Waals surface area contributed by atoms with Gasteiger partial charge in [0.1, 0.15) is 0 Å². The number of likely N-dealkylation sites (tertiary alicyclic amines) is 1. The maximum atomic E-state index is 12.0. The van der Waals surface area contributed by atoms with E-state index in [0.717, 1.165) is 6.42 Å². The minimum absolute atomic E-state index is 0.0810. The summed E-state index contributed by atoms with van der Waals surface area (Å²) in [4.78, 5) is 25.0. The van der Waals surface area contributed by atoms with Crippen molar-refractivity contribution in [3.8, 4) is 0 Å². The molecule has 1 aliphatic rings. The molecule has 0 aromatic rings. The van der Waals surface area contributed by atoms with Gasteiger partial charge in [-0.05, 0) is 20.3 Å². The molecule has 1 aliphatic heterocycles. The smallest absolute Gasteiger partial charge is 0.246 e. The molecular formula is C12H22N2O3. The molecule has 5 heteroatoms. The van der Waals surface area contributed by atoms with Crippen molar-refractivity contribution in [1.29, 1.82) is 0 Å². The summed E-state index contributed by atoms with van der Waals surface area (Å²) in [5.74, 6) is -0.191. The van der Waals surface area contributed by atoms with Gasteiger partial charge in [0.25, 0.3) is 0 Å². The first kappa shape index (κ1) is 14.1. The zero-order valence-electron chi connectivity index (χ0n) is 11.1. The number of ether oxygens (including phenoxy) is 1. The molecule has 1 N–H and O–H groups in total. The average Bonchev–Trinajstić information content (AvgIpc) is 2.45. The van der Waals surface area contributed by atoms with Crippen LogP contribution in [0.4, 0.5) is 0 Å². The largest absolute Gasteiger partial charge is 0.383 e. The van der Waals surface area contributed by atoms with Gasteiger partial charge in [0, 0.05) is 19.2 Å². The van der Waals surface area contributed by atoms with Gasteiger partial charge in [0.15, 0.2) is 0 Å². The summed E-state index contributed by atoms with van der Waals surface area (Å²) in [5, 5.41) is 3.19. The van der Waals surface area contributed by atoms with Crippen LogP contribution < -0.4 is 5.32 Å². The Hall–Kier alpha value is -0.940. The van der Waals surface area contributed by atoms with Gasteiger partial charge in [-0.25, -0.2) is 0 Å². The summed E-state index contributed by atoms with van der Waals surface area (Å²) in [5.41, 5.74) is -0.308. The van der Waals surface area contributed by atoms with Gasteiger partial charge in [0.2, 0.25) is 11.8 Å². The van der Waals surface area contributed by atoms with Crippen molar-refractivity contribution < 1.29 is 14.3 Å². The SMILES string of the molecule is CCCN1C(=O)CC(NC(C)(C)COC)C1=O. The van der Waals surface area contributed by atoms with E-state index in [9.17, 15) is 9.59 Å². The number of rotatable bonds is 6. The van der Waals surface area contributed by atoms with Gasteiger partial charge >= 0.3 is 0 Å². The standard InChI is InChI=1S/C12H22N2O3/c1-5-6-14-10(15)7-9(11(14)16)13-12(2,3)8-17-4/h9,13H,5-8H2,1-4H3. The second-order valence-electron chi connectivity index (χ2n) is 5.10. The third-order valence-corrected chi connectivity index (χ3v) is 2.76. The second kappa shape index (κ2) is 5.60. The number of imide groups is 1. The third kappa shape index (κ3) is 3.51. The van der Waals surface area contributed by atoms with Crippen molar-refractivity contribution in [2.24, 2.45) is 0 Å². The Kier molecular flexibility index (Phi) is 4.65. The molecule has 0 aromatic carbocycles. The molecule has 0 aliphatic carbocycles. The van der Waals surface area contributed by atoms with E-state index in [1.807, 2.05) is 20.8 Å². The van der Waals surface area contributed by atoms with Crippen LogP contribution in [0.2, 0.25) is 0 Å². The van der Waals surface area contributed by atoms with Gasteiger partial charge < -0.3 is 4.74 Å². The van der Waals surface area contributed by atoms with Gasteiger partial charge in [-0.1, -0.05) is 6.92 Å². The molecule has 0 bridgehead atoms. The molecule has 1 rings (SSSR count). The topological polar surface area (TPSA) is 58.6 Å². The van der Waals surface area contributed by atoms with E-state index in [-0.39, 0.29) is 23.8 Å². The Morgan fingerprint density at radius 1 is 1.47 bits per heavy atom. The molecule has 17 heavy (non-hydrogen) atoms. The first-order valence-corrected chi connectivity index (χ1v) is 6.02. The van der Waals surface area contributed by atoms with Crippen LogP contribution in [0.5, 0.6) is 0 Å². The predicted molar refractivity (Wildman–Crippen MR) is 64.5 cm³/mol. The summed E-state index contributed by atoms with van der Waals surface area (Å²) in [6.45, 7) is 6.88. The van der Waals surface area contributed by atoms with E-state index >= 15 is 0 Å². The van der Waals surface area contributed by atoms with Gasteiger partial charge in [-0.3, -0.25) is 19.8 Å². The molecule has 1 saturated heterocycles. The number of carbonyl (C=O) groups excluding carboxylic acids is 2. The maximum absolute atomic E-state index is 12.0. The van der Waals surface area contributed by atoms with Crippen LogP contribution in [-0.2, 0) is 14.3 Å². The third-order valence-electron chi connectivity index (χ3n) is 2.76. The molecule has 5 nitrogen and oxygen atoms in total. The molecule has 98 valence electrons. The quantitative estimate of drug-likeness (QED) is 0.691. The van der Waals surface area contributed by atoms with Crippen LogP contribution >= 0.6 is 0 Å². The van der Waals surface area contributed by atoms with Crippen molar-refractivity contribution in [2.75, 3.05) is 20.3 Å². The van der Waals surface area contributed by atoms with Crippen LogP contribution in [0.15, 0.2) is 0 Å². The number of amides is 2. The summed E-state index contributed by atoms with van der Waals surface area (Å²) in [7, 11) is 1.62. The monoisotopic (exact) mass is 242 g/mol. The highest BCUT2D eigenvalue weighted by Crippen LogP contribution is 2.16. The van der Waals surface area contributed by atoms with Crippen LogP contribution in [0.25, 0.3) is 0 Å². The molecular weight excluding hydrogens is 220 g/mol. The van der Waals surface area contributed by atoms with E-state index in [0.29, 0.717) is 13.2 Å². The molecule has 2 amide bonds. The highest BCUT2D eigenvalue weighted by molar-refractivity contribution is 6.05. The Labute approximate surface area is 102 Å².